The van der Waals surface area contributed by atoms with Crippen molar-refractivity contribution in [3.63, 3.8) is 0 Å². The Hall–Kier alpha value is -2.38. The van der Waals surface area contributed by atoms with Crippen molar-refractivity contribution < 1.29 is 23.1 Å². The van der Waals surface area contributed by atoms with Crippen molar-refractivity contribution in [3.8, 4) is 0 Å². The number of rotatable bonds is 4. The van der Waals surface area contributed by atoms with Crippen LogP contribution in [0.5, 0.6) is 0 Å². The highest BCUT2D eigenvalue weighted by Crippen LogP contribution is 2.32. The van der Waals surface area contributed by atoms with Gasteiger partial charge in [-0.2, -0.15) is 0 Å². The van der Waals surface area contributed by atoms with Crippen LogP contribution < -0.4 is 5.32 Å². The molecule has 0 bridgehead atoms. The predicted molar refractivity (Wildman–Crippen MR) is 107 cm³/mol. The summed E-state index contributed by atoms with van der Waals surface area (Å²) < 4.78 is 42.8. The SMILES string of the molecule is Cc1ccc(Cc2c(C(=O)N3CC(O)([C@@H]4CCCCN4)C3)ccc(F)c2F)c(F)c1. The lowest BCUT2D eigenvalue weighted by atomic mass is 9.81. The van der Waals surface area contributed by atoms with Gasteiger partial charge in [-0.05, 0) is 55.6 Å². The predicted octanol–water partition coefficient (Wildman–Crippen LogP) is 3.33. The number of hydrogen-bond acceptors (Lipinski definition) is 3. The molecular formula is C23H25F3N2O2. The number of β-amino-alcohol motifs (C(OH)–C–C–N with tert-alkyl or cyclic N) is 1. The minimum Gasteiger partial charge on any atom is -0.385 e. The fourth-order valence-corrected chi connectivity index (χ4v) is 4.41. The Morgan fingerprint density at radius 3 is 2.60 bits per heavy atom. The van der Waals surface area contributed by atoms with Crippen LogP contribution in [0.25, 0.3) is 0 Å². The van der Waals surface area contributed by atoms with Crippen molar-refractivity contribution >= 4 is 5.91 Å². The molecule has 2 aliphatic rings. The Kier molecular flexibility index (Phi) is 5.59. The molecule has 2 heterocycles. The third-order valence-electron chi connectivity index (χ3n) is 6.18. The van der Waals surface area contributed by atoms with Crippen molar-refractivity contribution in [1.29, 1.82) is 0 Å². The summed E-state index contributed by atoms with van der Waals surface area (Å²) in [5.41, 5.74) is -0.298. The third kappa shape index (κ3) is 3.84. The second-order valence-corrected chi connectivity index (χ2v) is 8.43. The lowest BCUT2D eigenvalue weighted by molar-refractivity contribution is -0.108. The molecule has 0 aromatic heterocycles. The minimum absolute atomic E-state index is 0.00692. The molecule has 2 aromatic carbocycles. The number of carbonyl (C=O) groups is 1. The monoisotopic (exact) mass is 418 g/mol. The van der Waals surface area contributed by atoms with Crippen LogP contribution in [-0.4, -0.2) is 47.2 Å². The van der Waals surface area contributed by atoms with Gasteiger partial charge in [0.1, 0.15) is 11.4 Å². The first kappa shape index (κ1) is 20.9. The average molecular weight is 418 g/mol. The summed E-state index contributed by atoms with van der Waals surface area (Å²) in [4.78, 5) is 14.5. The molecule has 160 valence electrons. The van der Waals surface area contributed by atoms with Crippen LogP contribution in [0.4, 0.5) is 13.2 Å². The molecule has 4 nitrogen and oxygen atoms in total. The van der Waals surface area contributed by atoms with Gasteiger partial charge in [0.15, 0.2) is 11.6 Å². The molecular weight excluding hydrogens is 393 g/mol. The van der Waals surface area contributed by atoms with Gasteiger partial charge in [0, 0.05) is 23.6 Å². The molecule has 4 rings (SSSR count). The van der Waals surface area contributed by atoms with E-state index in [-0.39, 0.29) is 42.2 Å². The molecule has 0 spiro atoms. The fraction of sp³-hybridized carbons (Fsp3) is 0.435. The second kappa shape index (κ2) is 8.04. The van der Waals surface area contributed by atoms with E-state index >= 15 is 0 Å². The molecule has 2 aromatic rings. The van der Waals surface area contributed by atoms with Gasteiger partial charge in [-0.25, -0.2) is 13.2 Å². The summed E-state index contributed by atoms with van der Waals surface area (Å²) in [5, 5.41) is 14.1. The number of nitrogens with one attached hydrogen (secondary N) is 1. The van der Waals surface area contributed by atoms with Crippen molar-refractivity contribution in [2.45, 2.75) is 44.2 Å². The molecule has 2 saturated heterocycles. The van der Waals surface area contributed by atoms with Crippen molar-refractivity contribution in [2.75, 3.05) is 19.6 Å². The lowest BCUT2D eigenvalue weighted by Gasteiger charge is -2.51. The normalized spacial score (nSPS) is 20.7. The molecule has 1 amide bonds. The van der Waals surface area contributed by atoms with Crippen molar-refractivity contribution in [3.05, 3.63) is 70.0 Å². The molecule has 0 radical (unpaired) electrons. The number of benzene rings is 2. The molecule has 30 heavy (non-hydrogen) atoms. The first-order valence-electron chi connectivity index (χ1n) is 10.3. The fourth-order valence-electron chi connectivity index (χ4n) is 4.41. The Balaban J connectivity index is 1.57. The number of nitrogens with zero attached hydrogens (tertiary/aromatic N) is 1. The zero-order valence-electron chi connectivity index (χ0n) is 16.9. The Bertz CT molecular complexity index is 967. The van der Waals surface area contributed by atoms with Crippen molar-refractivity contribution in [1.82, 2.24) is 10.2 Å². The maximum atomic E-state index is 14.6. The number of halogens is 3. The maximum absolute atomic E-state index is 14.6. The smallest absolute Gasteiger partial charge is 0.254 e. The number of aryl methyl sites for hydroxylation is 1. The van der Waals surface area contributed by atoms with Crippen LogP contribution in [0.3, 0.4) is 0 Å². The highest BCUT2D eigenvalue weighted by molar-refractivity contribution is 5.96. The number of piperidine rings is 1. The van der Waals surface area contributed by atoms with Gasteiger partial charge in [-0.15, -0.1) is 0 Å². The van der Waals surface area contributed by atoms with E-state index in [0.717, 1.165) is 31.9 Å². The van der Waals surface area contributed by atoms with Gasteiger partial charge in [-0.1, -0.05) is 18.6 Å². The molecule has 2 N–H and O–H groups in total. The van der Waals surface area contributed by atoms with E-state index in [1.54, 1.807) is 13.0 Å². The number of likely N-dealkylation sites (tertiary alicyclic amines) is 1. The summed E-state index contributed by atoms with van der Waals surface area (Å²) in [6, 6.07) is 6.58. The number of aliphatic hydroxyl groups is 1. The number of amides is 1. The van der Waals surface area contributed by atoms with Gasteiger partial charge >= 0.3 is 0 Å². The number of carbonyl (C=O) groups excluding carboxylic acids is 1. The topological polar surface area (TPSA) is 52.6 Å². The molecule has 2 fully saturated rings. The van der Waals surface area contributed by atoms with Crippen LogP contribution >= 0.6 is 0 Å². The van der Waals surface area contributed by atoms with Gasteiger partial charge < -0.3 is 15.3 Å². The van der Waals surface area contributed by atoms with E-state index < -0.39 is 29.0 Å². The lowest BCUT2D eigenvalue weighted by Crippen LogP contribution is -2.72. The van der Waals surface area contributed by atoms with Gasteiger partial charge in [0.2, 0.25) is 0 Å². The van der Waals surface area contributed by atoms with E-state index in [9.17, 15) is 23.1 Å². The van der Waals surface area contributed by atoms with Gasteiger partial charge in [0.05, 0.1) is 13.1 Å². The van der Waals surface area contributed by atoms with E-state index in [4.69, 9.17) is 0 Å². The highest BCUT2D eigenvalue weighted by Gasteiger charge is 2.49. The molecule has 0 aliphatic carbocycles. The Labute approximate surface area is 173 Å². The summed E-state index contributed by atoms with van der Waals surface area (Å²) in [5.74, 6) is -3.25. The van der Waals surface area contributed by atoms with Crippen LogP contribution in [0.2, 0.25) is 0 Å². The van der Waals surface area contributed by atoms with E-state index in [1.165, 1.54) is 23.1 Å². The maximum Gasteiger partial charge on any atom is 0.254 e. The van der Waals surface area contributed by atoms with Crippen LogP contribution in [0, 0.1) is 24.4 Å². The molecule has 0 unspecified atom stereocenters. The molecule has 2 aliphatic heterocycles. The van der Waals surface area contributed by atoms with E-state index in [2.05, 4.69) is 5.32 Å². The Morgan fingerprint density at radius 2 is 1.93 bits per heavy atom. The molecule has 0 saturated carbocycles. The quantitative estimate of drug-likeness (QED) is 0.801. The largest absolute Gasteiger partial charge is 0.385 e. The van der Waals surface area contributed by atoms with Gasteiger partial charge in [-0.3, -0.25) is 4.79 Å². The zero-order valence-corrected chi connectivity index (χ0v) is 16.9. The zero-order chi connectivity index (χ0) is 21.5. The number of hydrogen-bond donors (Lipinski definition) is 2. The highest BCUT2D eigenvalue weighted by atomic mass is 19.2. The first-order valence-corrected chi connectivity index (χ1v) is 10.3. The molecule has 7 heteroatoms. The van der Waals surface area contributed by atoms with Crippen molar-refractivity contribution in [2.24, 2.45) is 0 Å². The standard InChI is InChI=1S/C23H25F3N2O2/c1-14-5-6-15(19(25)10-14)11-17-16(7-8-18(24)21(17)26)22(29)28-12-23(30,13-28)20-4-2-3-9-27-20/h5-8,10,20,27,30H,2-4,9,11-13H2,1H3/t20-/m0/s1. The summed E-state index contributed by atoms with van der Waals surface area (Å²) >= 11 is 0. The Morgan fingerprint density at radius 1 is 1.17 bits per heavy atom. The van der Waals surface area contributed by atoms with Crippen LogP contribution in [0.1, 0.15) is 46.3 Å². The summed E-state index contributed by atoms with van der Waals surface area (Å²) in [6.07, 6.45) is 2.67. The summed E-state index contributed by atoms with van der Waals surface area (Å²) in [6.45, 7) is 2.81. The summed E-state index contributed by atoms with van der Waals surface area (Å²) in [7, 11) is 0. The molecule has 1 atom stereocenters. The third-order valence-corrected chi connectivity index (χ3v) is 6.18. The van der Waals surface area contributed by atoms with Crippen LogP contribution in [0.15, 0.2) is 30.3 Å². The minimum atomic E-state index is -1.15. The van der Waals surface area contributed by atoms with E-state index in [0.29, 0.717) is 5.56 Å². The first-order chi connectivity index (χ1) is 14.3. The van der Waals surface area contributed by atoms with Crippen LogP contribution in [-0.2, 0) is 6.42 Å². The average Bonchev–Trinajstić information content (AvgIpc) is 2.71. The van der Waals surface area contributed by atoms with Gasteiger partial charge in [0.25, 0.3) is 5.91 Å². The second-order valence-electron chi connectivity index (χ2n) is 8.43. The van der Waals surface area contributed by atoms with E-state index in [1.807, 2.05) is 0 Å².